The first-order chi connectivity index (χ1) is 4.52. The molecule has 0 N–H and O–H groups in total. The van der Waals surface area contributed by atoms with Gasteiger partial charge in [-0.1, -0.05) is 6.58 Å². The predicted molar refractivity (Wildman–Crippen MR) is 36.0 cm³/mol. The topological polar surface area (TPSA) is 60.4 Å². The molecule has 5 heteroatoms. The highest BCUT2D eigenvalue weighted by atomic mass is 32.2. The van der Waals surface area contributed by atoms with Gasteiger partial charge in [0.05, 0.1) is 7.11 Å². The lowest BCUT2D eigenvalue weighted by atomic mass is 10.5. The molecule has 10 heavy (non-hydrogen) atoms. The van der Waals surface area contributed by atoms with Gasteiger partial charge in [-0.15, -0.1) is 0 Å². The number of hydrogen-bond donors (Lipinski definition) is 0. The van der Waals surface area contributed by atoms with Crippen LogP contribution < -0.4 is 0 Å². The number of rotatable bonds is 4. The molecule has 0 aromatic carbocycles. The molecule has 0 unspecified atom stereocenters. The minimum atomic E-state index is -3.65. The summed E-state index contributed by atoms with van der Waals surface area (Å²) >= 11 is 0. The first-order valence-corrected chi connectivity index (χ1v) is 4.03. The van der Waals surface area contributed by atoms with Crippen LogP contribution in [-0.2, 0) is 19.1 Å². The number of hydrogen-bond acceptors (Lipinski definition) is 4. The second-order valence-corrected chi connectivity index (χ2v) is 3.28. The molecular formula is C5H8O4S. The summed E-state index contributed by atoms with van der Waals surface area (Å²) in [6, 6.07) is 0. The second-order valence-electron chi connectivity index (χ2n) is 1.54. The van der Waals surface area contributed by atoms with Gasteiger partial charge in [-0.05, 0) is 6.08 Å². The van der Waals surface area contributed by atoms with Crippen molar-refractivity contribution in [2.24, 2.45) is 0 Å². The quantitative estimate of drug-likeness (QED) is 0.423. The fourth-order valence-corrected chi connectivity index (χ4v) is 0.876. The van der Waals surface area contributed by atoms with E-state index in [-0.39, 0.29) is 0 Å². The summed E-state index contributed by atoms with van der Waals surface area (Å²) in [5.74, 6) is -1.20. The lowest BCUT2D eigenvalue weighted by Crippen LogP contribution is -2.14. The van der Waals surface area contributed by atoms with Crippen molar-refractivity contribution in [2.75, 3.05) is 12.9 Å². The van der Waals surface area contributed by atoms with Crippen LogP contribution in [0.1, 0.15) is 0 Å². The van der Waals surface area contributed by atoms with E-state index in [1.165, 1.54) is 0 Å². The number of carbonyl (C=O) groups excluding carboxylic acids is 1. The largest absolute Gasteiger partial charge is 0.294 e. The Balaban J connectivity index is 4.16. The van der Waals surface area contributed by atoms with E-state index in [4.69, 9.17) is 0 Å². The molecule has 0 aliphatic heterocycles. The van der Waals surface area contributed by atoms with E-state index in [1.54, 1.807) is 0 Å². The van der Waals surface area contributed by atoms with Crippen LogP contribution in [0.15, 0.2) is 12.7 Å². The maximum absolute atomic E-state index is 10.5. The molecule has 0 spiro atoms. The summed E-state index contributed by atoms with van der Waals surface area (Å²) in [6.45, 7) is 3.11. The summed E-state index contributed by atoms with van der Waals surface area (Å²) in [5.41, 5.74) is 0. The average Bonchev–Trinajstić information content (AvgIpc) is 1.87. The van der Waals surface area contributed by atoms with Crippen molar-refractivity contribution in [1.29, 1.82) is 0 Å². The standard InChI is InChI=1S/C5H8O4S/c1-3-5(6)4-10(7,8)9-2/h3H,1,4H2,2H3. The van der Waals surface area contributed by atoms with Gasteiger partial charge in [-0.3, -0.25) is 8.98 Å². The van der Waals surface area contributed by atoms with Crippen molar-refractivity contribution in [2.45, 2.75) is 0 Å². The highest BCUT2D eigenvalue weighted by molar-refractivity contribution is 7.87. The Bertz CT molecular complexity index is 226. The van der Waals surface area contributed by atoms with Crippen LogP contribution in [0.3, 0.4) is 0 Å². The maximum Gasteiger partial charge on any atom is 0.274 e. The van der Waals surface area contributed by atoms with E-state index in [1.807, 2.05) is 0 Å². The van der Waals surface area contributed by atoms with Crippen molar-refractivity contribution in [3.63, 3.8) is 0 Å². The van der Waals surface area contributed by atoms with E-state index in [9.17, 15) is 13.2 Å². The summed E-state index contributed by atoms with van der Waals surface area (Å²) in [6.07, 6.45) is 0.941. The molecule has 0 radical (unpaired) electrons. The molecule has 0 amide bonds. The maximum atomic E-state index is 10.5. The lowest BCUT2D eigenvalue weighted by molar-refractivity contribution is -0.112. The minimum absolute atomic E-state index is 0.568. The van der Waals surface area contributed by atoms with Gasteiger partial charge in [-0.2, -0.15) is 8.42 Å². The molecule has 0 aliphatic carbocycles. The monoisotopic (exact) mass is 164 g/mol. The summed E-state index contributed by atoms with van der Waals surface area (Å²) in [7, 11) is -2.65. The Morgan fingerprint density at radius 3 is 2.50 bits per heavy atom. The summed E-state index contributed by atoms with van der Waals surface area (Å²) in [4.78, 5) is 10.4. The molecule has 4 nitrogen and oxygen atoms in total. The fraction of sp³-hybridized carbons (Fsp3) is 0.400. The Kier molecular flexibility index (Phi) is 3.24. The highest BCUT2D eigenvalue weighted by Crippen LogP contribution is 1.90. The zero-order valence-electron chi connectivity index (χ0n) is 5.53. The van der Waals surface area contributed by atoms with Gasteiger partial charge in [0.2, 0.25) is 0 Å². The van der Waals surface area contributed by atoms with Crippen molar-refractivity contribution in [3.8, 4) is 0 Å². The third-order valence-corrected chi connectivity index (χ3v) is 1.95. The lowest BCUT2D eigenvalue weighted by Gasteiger charge is -1.94. The average molecular weight is 164 g/mol. The van der Waals surface area contributed by atoms with Crippen molar-refractivity contribution in [3.05, 3.63) is 12.7 Å². The molecule has 0 saturated heterocycles. The smallest absolute Gasteiger partial charge is 0.274 e. The van der Waals surface area contributed by atoms with Gasteiger partial charge in [0.25, 0.3) is 10.1 Å². The highest BCUT2D eigenvalue weighted by Gasteiger charge is 2.11. The zero-order valence-corrected chi connectivity index (χ0v) is 6.35. The summed E-state index contributed by atoms with van der Waals surface area (Å²) in [5, 5.41) is 0. The van der Waals surface area contributed by atoms with Gasteiger partial charge in [0, 0.05) is 0 Å². The zero-order chi connectivity index (χ0) is 8.20. The molecule has 0 saturated carbocycles. The van der Waals surface area contributed by atoms with E-state index in [0.29, 0.717) is 0 Å². The Hall–Kier alpha value is -0.680. The van der Waals surface area contributed by atoms with Gasteiger partial charge in [0.15, 0.2) is 5.78 Å². The molecule has 0 rings (SSSR count). The van der Waals surface area contributed by atoms with Crippen LogP contribution in [0.25, 0.3) is 0 Å². The number of ketones is 1. The fourth-order valence-electron chi connectivity index (χ4n) is 0.292. The van der Waals surface area contributed by atoms with Crippen LogP contribution in [0, 0.1) is 0 Å². The van der Waals surface area contributed by atoms with Gasteiger partial charge in [-0.25, -0.2) is 0 Å². The normalized spacial score (nSPS) is 10.9. The van der Waals surface area contributed by atoms with E-state index in [0.717, 1.165) is 13.2 Å². The van der Waals surface area contributed by atoms with Crippen molar-refractivity contribution < 1.29 is 17.4 Å². The second kappa shape index (κ2) is 3.48. The molecule has 0 aromatic rings. The Morgan fingerprint density at radius 2 is 2.20 bits per heavy atom. The number of allylic oxidation sites excluding steroid dienone is 1. The van der Waals surface area contributed by atoms with Crippen LogP contribution in [0.2, 0.25) is 0 Å². The van der Waals surface area contributed by atoms with Gasteiger partial charge in [0.1, 0.15) is 5.75 Å². The van der Waals surface area contributed by atoms with Crippen molar-refractivity contribution >= 4 is 15.9 Å². The molecular weight excluding hydrogens is 156 g/mol. The molecule has 0 bridgehead atoms. The molecule has 0 heterocycles. The Labute approximate surface area is 59.6 Å². The molecule has 58 valence electrons. The minimum Gasteiger partial charge on any atom is -0.294 e. The van der Waals surface area contributed by atoms with Crippen LogP contribution in [-0.4, -0.2) is 27.1 Å². The third-order valence-electron chi connectivity index (χ3n) is 0.801. The third kappa shape index (κ3) is 3.37. The predicted octanol–water partition coefficient (Wildman–Crippen LogP) is -0.282. The Morgan fingerprint density at radius 1 is 1.70 bits per heavy atom. The van der Waals surface area contributed by atoms with Gasteiger partial charge < -0.3 is 0 Å². The van der Waals surface area contributed by atoms with E-state index in [2.05, 4.69) is 10.8 Å². The molecule has 0 aromatic heterocycles. The van der Waals surface area contributed by atoms with E-state index >= 15 is 0 Å². The molecule has 0 atom stereocenters. The van der Waals surface area contributed by atoms with Crippen molar-refractivity contribution in [1.82, 2.24) is 0 Å². The van der Waals surface area contributed by atoms with E-state index < -0.39 is 21.7 Å². The first kappa shape index (κ1) is 9.32. The number of carbonyl (C=O) groups is 1. The van der Waals surface area contributed by atoms with Crippen LogP contribution in [0.5, 0.6) is 0 Å². The SMILES string of the molecule is C=CC(=O)CS(=O)(=O)OC. The molecule has 0 fully saturated rings. The van der Waals surface area contributed by atoms with Crippen LogP contribution in [0.4, 0.5) is 0 Å². The molecule has 0 aliphatic rings. The summed E-state index contributed by atoms with van der Waals surface area (Å²) < 4.78 is 25.0. The first-order valence-electron chi connectivity index (χ1n) is 2.45. The van der Waals surface area contributed by atoms with Gasteiger partial charge >= 0.3 is 0 Å². The van der Waals surface area contributed by atoms with Crippen LogP contribution >= 0.6 is 0 Å².